The Morgan fingerprint density at radius 2 is 2.25 bits per heavy atom. The van der Waals surface area contributed by atoms with Gasteiger partial charge in [0.1, 0.15) is 0 Å². The molecule has 1 heterocycles. The van der Waals surface area contributed by atoms with Gasteiger partial charge in [0.05, 0.1) is 0 Å². The van der Waals surface area contributed by atoms with Gasteiger partial charge in [0, 0.05) is 25.2 Å². The Bertz CT molecular complexity index is 187. The van der Waals surface area contributed by atoms with Gasteiger partial charge in [-0.3, -0.25) is 4.90 Å². The molecule has 1 aliphatic heterocycles. The fourth-order valence-electron chi connectivity index (χ4n) is 2.44. The van der Waals surface area contributed by atoms with E-state index in [4.69, 9.17) is 5.73 Å². The number of thioether (sulfide) groups is 1. The zero-order chi connectivity index (χ0) is 12.0. The summed E-state index contributed by atoms with van der Waals surface area (Å²) in [6.07, 6.45) is 6.06. The zero-order valence-electron chi connectivity index (χ0n) is 11.0. The highest BCUT2D eigenvalue weighted by molar-refractivity contribution is 7.98. The van der Waals surface area contributed by atoms with Gasteiger partial charge >= 0.3 is 0 Å². The van der Waals surface area contributed by atoms with Gasteiger partial charge in [-0.15, -0.1) is 0 Å². The Labute approximate surface area is 105 Å². The van der Waals surface area contributed by atoms with Crippen LogP contribution in [0.15, 0.2) is 0 Å². The van der Waals surface area contributed by atoms with Crippen molar-refractivity contribution in [1.29, 1.82) is 0 Å². The Balaban J connectivity index is 2.43. The van der Waals surface area contributed by atoms with Crippen LogP contribution < -0.4 is 5.73 Å². The average Bonchev–Trinajstić information content (AvgIpc) is 2.30. The lowest BCUT2D eigenvalue weighted by Crippen LogP contribution is -2.51. The molecule has 0 saturated carbocycles. The first-order valence-electron chi connectivity index (χ1n) is 6.28. The van der Waals surface area contributed by atoms with Gasteiger partial charge in [-0.05, 0) is 51.9 Å². The van der Waals surface area contributed by atoms with E-state index in [1.54, 1.807) is 0 Å². The standard InChI is InChI=1S/C12H27N3S/c1-14(2)12-5-4-7-15(10-12)11(9-13)6-8-16-3/h11-12H,4-10,13H2,1-3H3. The number of nitrogens with zero attached hydrogens (tertiary/aromatic N) is 2. The summed E-state index contributed by atoms with van der Waals surface area (Å²) < 4.78 is 0. The van der Waals surface area contributed by atoms with Crippen LogP contribution in [0.2, 0.25) is 0 Å². The molecule has 2 N–H and O–H groups in total. The third kappa shape index (κ3) is 4.24. The van der Waals surface area contributed by atoms with Crippen molar-refractivity contribution in [3.63, 3.8) is 0 Å². The maximum atomic E-state index is 5.90. The van der Waals surface area contributed by atoms with Gasteiger partial charge in [0.2, 0.25) is 0 Å². The van der Waals surface area contributed by atoms with E-state index in [0.29, 0.717) is 6.04 Å². The SMILES string of the molecule is CSCCC(CN)N1CCCC(N(C)C)C1. The Morgan fingerprint density at radius 3 is 2.81 bits per heavy atom. The molecule has 96 valence electrons. The molecule has 0 aromatic heterocycles. The van der Waals surface area contributed by atoms with Crippen molar-refractivity contribution in [1.82, 2.24) is 9.80 Å². The summed E-state index contributed by atoms with van der Waals surface area (Å²) in [5.74, 6) is 1.23. The predicted molar refractivity (Wildman–Crippen MR) is 74.1 cm³/mol. The van der Waals surface area contributed by atoms with E-state index >= 15 is 0 Å². The molecule has 2 atom stereocenters. The first-order chi connectivity index (χ1) is 7.69. The van der Waals surface area contributed by atoms with E-state index in [-0.39, 0.29) is 0 Å². The van der Waals surface area contributed by atoms with Crippen molar-refractivity contribution in [3.05, 3.63) is 0 Å². The minimum atomic E-state index is 0.593. The molecule has 3 nitrogen and oxygen atoms in total. The van der Waals surface area contributed by atoms with E-state index in [1.165, 1.54) is 38.1 Å². The number of nitrogens with two attached hydrogens (primary N) is 1. The zero-order valence-corrected chi connectivity index (χ0v) is 11.8. The highest BCUT2D eigenvalue weighted by atomic mass is 32.2. The molecule has 4 heteroatoms. The topological polar surface area (TPSA) is 32.5 Å². The predicted octanol–water partition coefficient (Wildman–Crippen LogP) is 1.09. The molecule has 0 aliphatic carbocycles. The molecular formula is C12H27N3S. The van der Waals surface area contributed by atoms with Crippen molar-refractivity contribution < 1.29 is 0 Å². The van der Waals surface area contributed by atoms with E-state index < -0.39 is 0 Å². The number of hydrogen-bond acceptors (Lipinski definition) is 4. The minimum absolute atomic E-state index is 0.593. The second-order valence-corrected chi connectivity index (χ2v) is 5.91. The van der Waals surface area contributed by atoms with Crippen LogP contribution in [-0.4, -0.2) is 67.6 Å². The van der Waals surface area contributed by atoms with Crippen LogP contribution in [-0.2, 0) is 0 Å². The quantitative estimate of drug-likeness (QED) is 0.759. The van der Waals surface area contributed by atoms with Crippen molar-refractivity contribution in [2.75, 3.05) is 45.7 Å². The first-order valence-corrected chi connectivity index (χ1v) is 7.68. The molecule has 1 fully saturated rings. The third-order valence-corrected chi connectivity index (χ3v) is 4.25. The lowest BCUT2D eigenvalue weighted by Gasteiger charge is -2.40. The van der Waals surface area contributed by atoms with Gasteiger partial charge < -0.3 is 10.6 Å². The number of rotatable bonds is 6. The van der Waals surface area contributed by atoms with E-state index in [9.17, 15) is 0 Å². The van der Waals surface area contributed by atoms with Crippen molar-refractivity contribution in [3.8, 4) is 0 Å². The number of hydrogen-bond donors (Lipinski definition) is 1. The molecule has 0 aromatic carbocycles. The fourth-order valence-corrected chi connectivity index (χ4v) is 2.95. The van der Waals surface area contributed by atoms with Crippen LogP contribution in [0.3, 0.4) is 0 Å². The smallest absolute Gasteiger partial charge is 0.0226 e. The first kappa shape index (κ1) is 14.3. The molecular weight excluding hydrogens is 218 g/mol. The van der Waals surface area contributed by atoms with Gasteiger partial charge in [-0.25, -0.2) is 0 Å². The van der Waals surface area contributed by atoms with Crippen LogP contribution in [0, 0.1) is 0 Å². The fraction of sp³-hybridized carbons (Fsp3) is 1.00. The van der Waals surface area contributed by atoms with Gasteiger partial charge in [-0.2, -0.15) is 11.8 Å². The molecule has 1 aliphatic rings. The number of likely N-dealkylation sites (N-methyl/N-ethyl adjacent to an activating group) is 1. The summed E-state index contributed by atoms with van der Waals surface area (Å²) in [7, 11) is 4.38. The summed E-state index contributed by atoms with van der Waals surface area (Å²) in [5.41, 5.74) is 5.90. The molecule has 16 heavy (non-hydrogen) atoms. The van der Waals surface area contributed by atoms with Crippen molar-refractivity contribution in [2.45, 2.75) is 31.3 Å². The Hall–Kier alpha value is 0.230. The second kappa shape index (κ2) is 7.54. The molecule has 0 aromatic rings. The number of piperidine rings is 1. The molecule has 1 saturated heterocycles. The summed E-state index contributed by atoms with van der Waals surface area (Å²) in [6, 6.07) is 1.31. The van der Waals surface area contributed by atoms with E-state index in [1.807, 2.05) is 11.8 Å². The maximum Gasteiger partial charge on any atom is 0.0226 e. The Morgan fingerprint density at radius 1 is 1.50 bits per heavy atom. The summed E-state index contributed by atoms with van der Waals surface area (Å²) in [5, 5.41) is 0. The molecule has 0 spiro atoms. The Kier molecular flexibility index (Phi) is 6.73. The third-order valence-electron chi connectivity index (χ3n) is 3.60. The molecule has 0 amide bonds. The molecule has 0 radical (unpaired) electrons. The van der Waals surface area contributed by atoms with E-state index in [0.717, 1.165) is 12.6 Å². The molecule has 1 rings (SSSR count). The van der Waals surface area contributed by atoms with Crippen LogP contribution in [0.4, 0.5) is 0 Å². The lowest BCUT2D eigenvalue weighted by molar-refractivity contribution is 0.0972. The normalized spacial score (nSPS) is 24.9. The molecule has 0 bridgehead atoms. The number of likely N-dealkylation sites (tertiary alicyclic amines) is 1. The van der Waals surface area contributed by atoms with Crippen LogP contribution in [0.25, 0.3) is 0 Å². The largest absolute Gasteiger partial charge is 0.329 e. The van der Waals surface area contributed by atoms with Gasteiger partial charge in [0.15, 0.2) is 0 Å². The summed E-state index contributed by atoms with van der Waals surface area (Å²) in [4.78, 5) is 4.96. The average molecular weight is 245 g/mol. The highest BCUT2D eigenvalue weighted by Crippen LogP contribution is 2.18. The van der Waals surface area contributed by atoms with Gasteiger partial charge in [0.25, 0.3) is 0 Å². The summed E-state index contributed by atoms with van der Waals surface area (Å²) in [6.45, 7) is 3.24. The lowest BCUT2D eigenvalue weighted by atomic mass is 10.0. The van der Waals surface area contributed by atoms with Crippen LogP contribution in [0.1, 0.15) is 19.3 Å². The van der Waals surface area contributed by atoms with Crippen molar-refractivity contribution in [2.24, 2.45) is 5.73 Å². The highest BCUT2D eigenvalue weighted by Gasteiger charge is 2.25. The maximum absolute atomic E-state index is 5.90. The van der Waals surface area contributed by atoms with E-state index in [2.05, 4.69) is 30.2 Å². The monoisotopic (exact) mass is 245 g/mol. The minimum Gasteiger partial charge on any atom is -0.329 e. The van der Waals surface area contributed by atoms with Crippen LogP contribution in [0.5, 0.6) is 0 Å². The summed E-state index contributed by atoms with van der Waals surface area (Å²) >= 11 is 1.92. The molecule has 2 unspecified atom stereocenters. The van der Waals surface area contributed by atoms with Crippen LogP contribution >= 0.6 is 11.8 Å². The van der Waals surface area contributed by atoms with Crippen molar-refractivity contribution >= 4 is 11.8 Å². The van der Waals surface area contributed by atoms with Gasteiger partial charge in [-0.1, -0.05) is 0 Å². The second-order valence-electron chi connectivity index (χ2n) is 4.93.